The van der Waals surface area contributed by atoms with Crippen LogP contribution in [0.15, 0.2) is 128 Å². The zero-order valence-corrected chi connectivity index (χ0v) is 26.0. The van der Waals surface area contributed by atoms with Crippen LogP contribution in [0.2, 0.25) is 0 Å². The monoisotopic (exact) mass is 570 g/mol. The molecule has 7 rings (SSSR count). The first-order valence-corrected chi connectivity index (χ1v) is 15.5. The fourth-order valence-corrected chi connectivity index (χ4v) is 6.77. The number of benzene rings is 5. The van der Waals surface area contributed by atoms with Gasteiger partial charge in [0.1, 0.15) is 0 Å². The topological polar surface area (TPSA) is 9.86 Å². The van der Waals surface area contributed by atoms with Crippen LogP contribution in [0.1, 0.15) is 44.5 Å². The van der Waals surface area contributed by atoms with Gasteiger partial charge >= 0.3 is 0 Å². The third-order valence-electron chi connectivity index (χ3n) is 8.49. The van der Waals surface area contributed by atoms with Crippen molar-refractivity contribution in [2.75, 3.05) is 0 Å². The summed E-state index contributed by atoms with van der Waals surface area (Å²) >= 11 is 0. The molecular formula is C42H38N2. The van der Waals surface area contributed by atoms with Crippen LogP contribution < -0.4 is 0 Å². The Morgan fingerprint density at radius 2 is 1.20 bits per heavy atom. The minimum Gasteiger partial charge on any atom is -0.309 e. The highest BCUT2D eigenvalue weighted by atomic mass is 15.0. The molecule has 0 aliphatic carbocycles. The molecule has 2 nitrogen and oxygen atoms in total. The number of nitrogens with zero attached hydrogens (tertiary/aromatic N) is 2. The van der Waals surface area contributed by atoms with Crippen LogP contribution in [-0.2, 0) is 6.42 Å². The molecule has 0 saturated heterocycles. The molecule has 0 saturated carbocycles. The summed E-state index contributed by atoms with van der Waals surface area (Å²) in [6.07, 6.45) is 7.30. The first-order chi connectivity index (χ1) is 21.4. The SMILES string of the molecule is C=Cc1c(/C=C\C)n(-c2cccc(-c3cccc(-n4c5ccccc5c5cc(CC(C)(C)C)ccc54)c3)c2)c2ccccc12. The highest BCUT2D eigenvalue weighted by Crippen LogP contribution is 2.36. The molecule has 2 heterocycles. The fraction of sp³-hybridized carbons (Fsp3) is 0.143. The van der Waals surface area contributed by atoms with Crippen molar-refractivity contribution in [2.45, 2.75) is 34.1 Å². The number of hydrogen-bond donors (Lipinski definition) is 0. The van der Waals surface area contributed by atoms with E-state index in [1.54, 1.807) is 0 Å². The Labute approximate surface area is 260 Å². The van der Waals surface area contributed by atoms with Crippen LogP contribution in [0, 0.1) is 5.41 Å². The van der Waals surface area contributed by atoms with Gasteiger partial charge in [0.2, 0.25) is 0 Å². The van der Waals surface area contributed by atoms with Crippen molar-refractivity contribution in [3.8, 4) is 22.5 Å². The maximum atomic E-state index is 4.14. The van der Waals surface area contributed by atoms with E-state index in [1.165, 1.54) is 49.4 Å². The lowest BCUT2D eigenvalue weighted by atomic mass is 9.88. The van der Waals surface area contributed by atoms with Gasteiger partial charge in [-0.25, -0.2) is 0 Å². The van der Waals surface area contributed by atoms with Crippen molar-refractivity contribution in [1.29, 1.82) is 0 Å². The minimum atomic E-state index is 0.239. The van der Waals surface area contributed by atoms with Crippen molar-refractivity contribution in [2.24, 2.45) is 5.41 Å². The first kappa shape index (κ1) is 27.7. The summed E-state index contributed by atoms with van der Waals surface area (Å²) in [6, 6.07) is 42.2. The largest absolute Gasteiger partial charge is 0.309 e. The standard InChI is InChI=1S/C42H38N2/c1-6-14-38-34(7-2)35-19-8-10-21-39(35)43(38)32-17-12-15-30(26-32)31-16-13-18-33(27-31)44-40-22-11-9-20-36(40)37-25-29(23-24-41(37)44)28-42(3,4)5/h6-27H,2,28H2,1,3-5H3/b14-6-. The number of fused-ring (bicyclic) bond motifs is 4. The smallest absolute Gasteiger partial charge is 0.0541 e. The molecule has 0 bridgehead atoms. The Balaban J connectivity index is 1.37. The predicted molar refractivity (Wildman–Crippen MR) is 191 cm³/mol. The predicted octanol–water partition coefficient (Wildman–Crippen LogP) is 11.7. The summed E-state index contributed by atoms with van der Waals surface area (Å²) in [5.41, 5.74) is 12.2. The lowest BCUT2D eigenvalue weighted by molar-refractivity contribution is 0.411. The lowest BCUT2D eigenvalue weighted by Gasteiger charge is -2.18. The average molecular weight is 571 g/mol. The van der Waals surface area contributed by atoms with Crippen LogP contribution in [0.5, 0.6) is 0 Å². The van der Waals surface area contributed by atoms with Crippen LogP contribution in [0.3, 0.4) is 0 Å². The molecule has 2 heteroatoms. The van der Waals surface area contributed by atoms with Crippen LogP contribution in [-0.4, -0.2) is 9.13 Å². The molecule has 2 aromatic heterocycles. The molecule has 0 N–H and O–H groups in total. The molecule has 0 aliphatic rings. The molecule has 0 spiro atoms. The zero-order chi connectivity index (χ0) is 30.4. The Morgan fingerprint density at radius 1 is 0.614 bits per heavy atom. The lowest BCUT2D eigenvalue weighted by Crippen LogP contribution is -2.08. The molecule has 7 aromatic rings. The van der Waals surface area contributed by atoms with Gasteiger partial charge in [0.05, 0.1) is 22.2 Å². The molecule has 0 amide bonds. The van der Waals surface area contributed by atoms with E-state index in [0.29, 0.717) is 0 Å². The van der Waals surface area contributed by atoms with Crippen molar-refractivity contribution >= 4 is 44.9 Å². The van der Waals surface area contributed by atoms with Gasteiger partial charge in [-0.1, -0.05) is 106 Å². The maximum Gasteiger partial charge on any atom is 0.0541 e. The van der Waals surface area contributed by atoms with Crippen molar-refractivity contribution < 1.29 is 0 Å². The third-order valence-corrected chi connectivity index (χ3v) is 8.49. The van der Waals surface area contributed by atoms with Crippen molar-refractivity contribution in [3.63, 3.8) is 0 Å². The second kappa shape index (κ2) is 10.9. The summed E-state index contributed by atoms with van der Waals surface area (Å²) in [6.45, 7) is 13.1. The van der Waals surface area contributed by atoms with E-state index in [9.17, 15) is 0 Å². The van der Waals surface area contributed by atoms with Gasteiger partial charge in [-0.05, 0) is 90.1 Å². The van der Waals surface area contributed by atoms with E-state index in [0.717, 1.165) is 29.1 Å². The minimum absolute atomic E-state index is 0.239. The highest BCUT2D eigenvalue weighted by molar-refractivity contribution is 6.09. The molecule has 0 radical (unpaired) electrons. The van der Waals surface area contributed by atoms with Gasteiger partial charge in [-0.15, -0.1) is 0 Å². The van der Waals surface area contributed by atoms with E-state index in [2.05, 4.69) is 171 Å². The van der Waals surface area contributed by atoms with Gasteiger partial charge in [0.15, 0.2) is 0 Å². The average Bonchev–Trinajstić information content (AvgIpc) is 3.52. The van der Waals surface area contributed by atoms with E-state index < -0.39 is 0 Å². The number of para-hydroxylation sites is 2. The van der Waals surface area contributed by atoms with Gasteiger partial charge in [-0.3, -0.25) is 0 Å². The second-order valence-electron chi connectivity index (χ2n) is 12.9. The molecular weight excluding hydrogens is 532 g/mol. The Kier molecular flexibility index (Phi) is 6.86. The first-order valence-electron chi connectivity index (χ1n) is 15.5. The Bertz CT molecular complexity index is 2210. The molecule has 0 unspecified atom stereocenters. The van der Waals surface area contributed by atoms with Crippen molar-refractivity contribution in [1.82, 2.24) is 9.13 Å². The number of aromatic nitrogens is 2. The zero-order valence-electron chi connectivity index (χ0n) is 26.0. The quantitative estimate of drug-likeness (QED) is 0.188. The van der Waals surface area contributed by atoms with Gasteiger partial charge in [-0.2, -0.15) is 0 Å². The van der Waals surface area contributed by atoms with Crippen molar-refractivity contribution in [3.05, 3.63) is 145 Å². The number of allylic oxidation sites excluding steroid dienone is 1. The summed E-state index contributed by atoms with van der Waals surface area (Å²) < 4.78 is 4.76. The van der Waals surface area contributed by atoms with Gasteiger partial charge < -0.3 is 9.13 Å². The van der Waals surface area contributed by atoms with Gasteiger partial charge in [0.25, 0.3) is 0 Å². The Hall–Kier alpha value is -5.08. The summed E-state index contributed by atoms with van der Waals surface area (Å²) in [4.78, 5) is 0. The fourth-order valence-electron chi connectivity index (χ4n) is 6.77. The van der Waals surface area contributed by atoms with Crippen LogP contribution >= 0.6 is 0 Å². The maximum absolute atomic E-state index is 4.14. The normalized spacial score (nSPS) is 12.2. The van der Waals surface area contributed by atoms with E-state index in [4.69, 9.17) is 0 Å². The van der Waals surface area contributed by atoms with E-state index >= 15 is 0 Å². The molecule has 0 fully saturated rings. The molecule has 0 atom stereocenters. The summed E-state index contributed by atoms with van der Waals surface area (Å²) in [5, 5.41) is 3.81. The number of hydrogen-bond acceptors (Lipinski definition) is 0. The molecule has 0 aliphatic heterocycles. The highest BCUT2D eigenvalue weighted by Gasteiger charge is 2.17. The van der Waals surface area contributed by atoms with E-state index in [1.807, 2.05) is 6.08 Å². The Morgan fingerprint density at radius 3 is 1.84 bits per heavy atom. The van der Waals surface area contributed by atoms with E-state index in [-0.39, 0.29) is 5.41 Å². The summed E-state index contributed by atoms with van der Waals surface area (Å²) in [7, 11) is 0. The van der Waals surface area contributed by atoms with Crippen LogP contribution in [0.4, 0.5) is 0 Å². The second-order valence-corrected chi connectivity index (χ2v) is 12.9. The van der Waals surface area contributed by atoms with Gasteiger partial charge in [0, 0.05) is 33.1 Å². The third kappa shape index (κ3) is 4.77. The molecule has 5 aromatic carbocycles. The summed E-state index contributed by atoms with van der Waals surface area (Å²) in [5.74, 6) is 0. The molecule has 44 heavy (non-hydrogen) atoms. The number of rotatable bonds is 6. The van der Waals surface area contributed by atoms with Crippen LogP contribution in [0.25, 0.3) is 67.4 Å². The molecule has 216 valence electrons.